The fourth-order valence-electron chi connectivity index (χ4n) is 2.49. The van der Waals surface area contributed by atoms with Crippen molar-refractivity contribution in [2.75, 3.05) is 13.1 Å². The van der Waals surface area contributed by atoms with E-state index in [-0.39, 0.29) is 5.56 Å². The van der Waals surface area contributed by atoms with Gasteiger partial charge in [0.2, 0.25) is 15.6 Å². The van der Waals surface area contributed by atoms with Gasteiger partial charge in [0.1, 0.15) is 0 Å². The summed E-state index contributed by atoms with van der Waals surface area (Å²) in [5.74, 6) is 0. The van der Waals surface area contributed by atoms with Crippen LogP contribution in [0.25, 0.3) is 11.1 Å². The second-order valence-corrected chi connectivity index (χ2v) is 7.02. The quantitative estimate of drug-likeness (QED) is 0.940. The number of hydrogen-bond donors (Lipinski definition) is 1. The van der Waals surface area contributed by atoms with E-state index in [1.54, 1.807) is 36.5 Å². The standard InChI is InChI=1S/C15H16N2O3S/c18-15-8-5-13(11-16-15)12-3-6-14(7-4-12)21(19,20)17-9-1-2-10-17/h3-8,11H,1-2,9-10H2,(H,16,18). The molecule has 0 atom stereocenters. The molecule has 21 heavy (non-hydrogen) atoms. The second kappa shape index (κ2) is 5.46. The van der Waals surface area contributed by atoms with E-state index in [9.17, 15) is 13.2 Å². The van der Waals surface area contributed by atoms with Gasteiger partial charge in [-0.25, -0.2) is 8.42 Å². The molecule has 0 bridgehead atoms. The first-order chi connectivity index (χ1) is 10.1. The predicted octanol–water partition coefficient (Wildman–Crippen LogP) is 1.83. The first-order valence-electron chi connectivity index (χ1n) is 6.87. The topological polar surface area (TPSA) is 70.2 Å². The maximum atomic E-state index is 12.4. The second-order valence-electron chi connectivity index (χ2n) is 5.08. The summed E-state index contributed by atoms with van der Waals surface area (Å²) in [6.45, 7) is 1.20. The van der Waals surface area contributed by atoms with Crippen LogP contribution in [-0.2, 0) is 10.0 Å². The highest BCUT2D eigenvalue weighted by molar-refractivity contribution is 7.89. The fraction of sp³-hybridized carbons (Fsp3) is 0.267. The van der Waals surface area contributed by atoms with Crippen molar-refractivity contribution in [3.63, 3.8) is 0 Å². The van der Waals surface area contributed by atoms with E-state index >= 15 is 0 Å². The van der Waals surface area contributed by atoms with Crippen LogP contribution in [0.2, 0.25) is 0 Å². The zero-order chi connectivity index (χ0) is 14.9. The first-order valence-corrected chi connectivity index (χ1v) is 8.31. The largest absolute Gasteiger partial charge is 0.328 e. The summed E-state index contributed by atoms with van der Waals surface area (Å²) in [5, 5.41) is 0. The molecule has 6 heteroatoms. The van der Waals surface area contributed by atoms with E-state index in [0.717, 1.165) is 24.0 Å². The average Bonchev–Trinajstić information content (AvgIpc) is 3.03. The fourth-order valence-corrected chi connectivity index (χ4v) is 4.00. The SMILES string of the molecule is O=c1ccc(-c2ccc(S(=O)(=O)N3CCCC3)cc2)c[nH]1. The number of aromatic amines is 1. The summed E-state index contributed by atoms with van der Waals surface area (Å²) in [4.78, 5) is 14.0. The van der Waals surface area contributed by atoms with Gasteiger partial charge in [-0.05, 0) is 42.2 Å². The van der Waals surface area contributed by atoms with E-state index in [1.165, 1.54) is 10.4 Å². The Morgan fingerprint density at radius 2 is 1.52 bits per heavy atom. The highest BCUT2D eigenvalue weighted by atomic mass is 32.2. The van der Waals surface area contributed by atoms with Gasteiger partial charge in [0, 0.05) is 25.4 Å². The van der Waals surface area contributed by atoms with Crippen molar-refractivity contribution in [2.24, 2.45) is 0 Å². The smallest absolute Gasteiger partial charge is 0.247 e. The van der Waals surface area contributed by atoms with Gasteiger partial charge in [-0.1, -0.05) is 12.1 Å². The minimum Gasteiger partial charge on any atom is -0.328 e. The van der Waals surface area contributed by atoms with Crippen molar-refractivity contribution < 1.29 is 8.42 Å². The molecular formula is C15H16N2O3S. The van der Waals surface area contributed by atoms with Gasteiger partial charge in [0.25, 0.3) is 0 Å². The Kier molecular flexibility index (Phi) is 3.65. The molecule has 0 spiro atoms. The Hall–Kier alpha value is -1.92. The molecule has 1 aliphatic rings. The maximum absolute atomic E-state index is 12.4. The van der Waals surface area contributed by atoms with Crippen molar-refractivity contribution in [3.05, 3.63) is 52.9 Å². The van der Waals surface area contributed by atoms with Crippen LogP contribution in [0.1, 0.15) is 12.8 Å². The number of nitrogens with zero attached hydrogens (tertiary/aromatic N) is 1. The predicted molar refractivity (Wildman–Crippen MR) is 80.5 cm³/mol. The number of hydrogen-bond acceptors (Lipinski definition) is 3. The van der Waals surface area contributed by atoms with Crippen molar-refractivity contribution >= 4 is 10.0 Å². The molecular weight excluding hydrogens is 288 g/mol. The summed E-state index contributed by atoms with van der Waals surface area (Å²) >= 11 is 0. The lowest BCUT2D eigenvalue weighted by atomic mass is 10.1. The van der Waals surface area contributed by atoms with E-state index in [4.69, 9.17) is 0 Å². The first kappa shape index (κ1) is 14.0. The highest BCUT2D eigenvalue weighted by Crippen LogP contribution is 2.24. The highest BCUT2D eigenvalue weighted by Gasteiger charge is 2.26. The van der Waals surface area contributed by atoms with Gasteiger partial charge in [-0.15, -0.1) is 0 Å². The molecule has 2 aromatic rings. The molecule has 110 valence electrons. The summed E-state index contributed by atoms with van der Waals surface area (Å²) in [6.07, 6.45) is 3.47. The van der Waals surface area contributed by atoms with E-state index in [1.807, 2.05) is 0 Å². The van der Waals surface area contributed by atoms with Crippen LogP contribution in [0.5, 0.6) is 0 Å². The lowest BCUT2D eigenvalue weighted by Crippen LogP contribution is -2.27. The third kappa shape index (κ3) is 2.77. The molecule has 0 saturated carbocycles. The van der Waals surface area contributed by atoms with Gasteiger partial charge >= 0.3 is 0 Å². The third-order valence-corrected chi connectivity index (χ3v) is 5.59. The number of nitrogens with one attached hydrogen (secondary N) is 1. The summed E-state index contributed by atoms with van der Waals surface area (Å²) < 4.78 is 26.3. The molecule has 3 rings (SSSR count). The Labute approximate surface area is 123 Å². The van der Waals surface area contributed by atoms with E-state index in [0.29, 0.717) is 18.0 Å². The lowest BCUT2D eigenvalue weighted by Gasteiger charge is -2.15. The monoisotopic (exact) mass is 304 g/mol. The lowest BCUT2D eigenvalue weighted by molar-refractivity contribution is 0.477. The number of benzene rings is 1. The maximum Gasteiger partial charge on any atom is 0.247 e. The number of rotatable bonds is 3. The molecule has 0 aliphatic carbocycles. The summed E-state index contributed by atoms with van der Waals surface area (Å²) in [6, 6.07) is 9.92. The van der Waals surface area contributed by atoms with Crippen molar-refractivity contribution in [1.29, 1.82) is 0 Å². The minimum atomic E-state index is -3.37. The van der Waals surface area contributed by atoms with E-state index in [2.05, 4.69) is 4.98 Å². The van der Waals surface area contributed by atoms with Gasteiger partial charge in [-0.2, -0.15) is 4.31 Å². The van der Waals surface area contributed by atoms with E-state index < -0.39 is 10.0 Å². The molecule has 1 aromatic carbocycles. The van der Waals surface area contributed by atoms with Crippen LogP contribution in [0, 0.1) is 0 Å². The van der Waals surface area contributed by atoms with Crippen LogP contribution < -0.4 is 5.56 Å². The molecule has 1 fully saturated rings. The Balaban J connectivity index is 1.90. The Morgan fingerprint density at radius 3 is 2.10 bits per heavy atom. The molecule has 1 saturated heterocycles. The number of pyridine rings is 1. The van der Waals surface area contributed by atoms with Crippen molar-refractivity contribution in [2.45, 2.75) is 17.7 Å². The van der Waals surface area contributed by atoms with Crippen LogP contribution >= 0.6 is 0 Å². The summed E-state index contributed by atoms with van der Waals surface area (Å²) in [5.41, 5.74) is 1.55. The number of H-pyrrole nitrogens is 1. The molecule has 1 aliphatic heterocycles. The molecule has 0 radical (unpaired) electrons. The Morgan fingerprint density at radius 1 is 0.905 bits per heavy atom. The molecule has 5 nitrogen and oxygen atoms in total. The minimum absolute atomic E-state index is 0.160. The Bertz CT molecular complexity index is 768. The van der Waals surface area contributed by atoms with Crippen LogP contribution in [0.3, 0.4) is 0 Å². The normalized spacial score (nSPS) is 16.2. The number of sulfonamides is 1. The van der Waals surface area contributed by atoms with Crippen molar-refractivity contribution in [1.82, 2.24) is 9.29 Å². The van der Waals surface area contributed by atoms with Gasteiger partial charge in [-0.3, -0.25) is 4.79 Å². The molecule has 2 heterocycles. The van der Waals surface area contributed by atoms with Crippen LogP contribution in [-0.4, -0.2) is 30.8 Å². The van der Waals surface area contributed by atoms with Gasteiger partial charge in [0.15, 0.2) is 0 Å². The molecule has 1 aromatic heterocycles. The zero-order valence-electron chi connectivity index (χ0n) is 11.5. The average molecular weight is 304 g/mol. The van der Waals surface area contributed by atoms with Crippen molar-refractivity contribution in [3.8, 4) is 11.1 Å². The molecule has 1 N–H and O–H groups in total. The molecule has 0 amide bonds. The summed E-state index contributed by atoms with van der Waals surface area (Å²) in [7, 11) is -3.37. The van der Waals surface area contributed by atoms with Gasteiger partial charge in [0.05, 0.1) is 4.90 Å². The van der Waals surface area contributed by atoms with Gasteiger partial charge < -0.3 is 4.98 Å². The number of aromatic nitrogens is 1. The molecule has 0 unspecified atom stereocenters. The zero-order valence-corrected chi connectivity index (χ0v) is 12.3. The third-order valence-electron chi connectivity index (χ3n) is 3.67. The van der Waals surface area contributed by atoms with Crippen LogP contribution in [0.4, 0.5) is 0 Å². The van der Waals surface area contributed by atoms with Crippen LogP contribution in [0.15, 0.2) is 52.3 Å².